The second kappa shape index (κ2) is 6.59. The molecule has 0 aromatic heterocycles. The number of rotatable bonds is 2. The van der Waals surface area contributed by atoms with Gasteiger partial charge in [0.25, 0.3) is 5.91 Å². The predicted octanol–water partition coefficient (Wildman–Crippen LogP) is 2.29. The van der Waals surface area contributed by atoms with Crippen molar-refractivity contribution in [2.24, 2.45) is 5.41 Å². The lowest BCUT2D eigenvalue weighted by Gasteiger charge is -2.37. The molecule has 1 unspecified atom stereocenters. The molecular formula is C18H23N3O2. The Morgan fingerprint density at radius 3 is 2.74 bits per heavy atom. The Hall–Kier alpha value is -2.06. The standard InChI is InChI=1S/C18H23N3O2/c1-18(13-19)7-4-8-21(14-18)17(22)15-5-2-3-6-16(15)20-9-11-23-12-10-20/h2-3,5-6H,4,7-12,14H2,1H3. The van der Waals surface area contributed by atoms with Gasteiger partial charge in [-0.25, -0.2) is 0 Å². The number of hydrogen-bond donors (Lipinski definition) is 0. The molecular weight excluding hydrogens is 290 g/mol. The number of hydrogen-bond acceptors (Lipinski definition) is 4. The Kier molecular flexibility index (Phi) is 4.53. The number of morpholine rings is 1. The number of para-hydroxylation sites is 1. The van der Waals surface area contributed by atoms with Crippen molar-refractivity contribution in [2.75, 3.05) is 44.3 Å². The number of amides is 1. The van der Waals surface area contributed by atoms with Crippen molar-refractivity contribution in [3.8, 4) is 6.07 Å². The Balaban J connectivity index is 1.84. The molecule has 1 aromatic rings. The van der Waals surface area contributed by atoms with Crippen LogP contribution in [0.25, 0.3) is 0 Å². The van der Waals surface area contributed by atoms with E-state index in [1.165, 1.54) is 0 Å². The molecule has 122 valence electrons. The van der Waals surface area contributed by atoms with Gasteiger partial charge in [0.2, 0.25) is 0 Å². The number of ether oxygens (including phenoxy) is 1. The van der Waals surface area contributed by atoms with E-state index in [1.54, 1.807) is 0 Å². The van der Waals surface area contributed by atoms with E-state index in [0.717, 1.165) is 43.7 Å². The average Bonchev–Trinajstić information content (AvgIpc) is 2.62. The first-order valence-electron chi connectivity index (χ1n) is 8.25. The maximum absolute atomic E-state index is 13.0. The Labute approximate surface area is 137 Å². The van der Waals surface area contributed by atoms with Crippen LogP contribution in [0.2, 0.25) is 0 Å². The molecule has 0 saturated carbocycles. The summed E-state index contributed by atoms with van der Waals surface area (Å²) in [6, 6.07) is 10.2. The van der Waals surface area contributed by atoms with Crippen LogP contribution in [0.5, 0.6) is 0 Å². The number of nitriles is 1. The van der Waals surface area contributed by atoms with Crippen LogP contribution < -0.4 is 4.90 Å². The normalized spacial score (nSPS) is 25.0. The number of anilines is 1. The summed E-state index contributed by atoms with van der Waals surface area (Å²) in [7, 11) is 0. The number of benzene rings is 1. The molecule has 2 heterocycles. The molecule has 2 aliphatic rings. The van der Waals surface area contributed by atoms with Crippen molar-refractivity contribution in [3.63, 3.8) is 0 Å². The topological polar surface area (TPSA) is 56.6 Å². The van der Waals surface area contributed by atoms with Gasteiger partial charge >= 0.3 is 0 Å². The van der Waals surface area contributed by atoms with Crippen molar-refractivity contribution in [1.29, 1.82) is 5.26 Å². The lowest BCUT2D eigenvalue weighted by molar-refractivity contribution is 0.0629. The van der Waals surface area contributed by atoms with Gasteiger partial charge in [0.05, 0.1) is 30.3 Å². The zero-order valence-corrected chi connectivity index (χ0v) is 13.6. The highest BCUT2D eigenvalue weighted by atomic mass is 16.5. The molecule has 0 aliphatic carbocycles. The SMILES string of the molecule is CC1(C#N)CCCN(C(=O)c2ccccc2N2CCOCC2)C1. The summed E-state index contributed by atoms with van der Waals surface area (Å²) >= 11 is 0. The second-order valence-electron chi connectivity index (χ2n) is 6.62. The average molecular weight is 313 g/mol. The van der Waals surface area contributed by atoms with Gasteiger partial charge < -0.3 is 14.5 Å². The quantitative estimate of drug-likeness (QED) is 0.840. The molecule has 0 spiro atoms. The van der Waals surface area contributed by atoms with E-state index >= 15 is 0 Å². The Bertz CT molecular complexity index is 619. The Morgan fingerprint density at radius 1 is 1.26 bits per heavy atom. The minimum atomic E-state index is -0.429. The third-order valence-electron chi connectivity index (χ3n) is 4.74. The van der Waals surface area contributed by atoms with E-state index in [2.05, 4.69) is 11.0 Å². The summed E-state index contributed by atoms with van der Waals surface area (Å²) in [4.78, 5) is 17.1. The highest BCUT2D eigenvalue weighted by Gasteiger charge is 2.34. The smallest absolute Gasteiger partial charge is 0.256 e. The van der Waals surface area contributed by atoms with Crippen LogP contribution in [0, 0.1) is 16.7 Å². The summed E-state index contributed by atoms with van der Waals surface area (Å²) in [6.45, 7) is 6.19. The summed E-state index contributed by atoms with van der Waals surface area (Å²) in [5.41, 5.74) is 1.28. The lowest BCUT2D eigenvalue weighted by Crippen LogP contribution is -2.45. The van der Waals surface area contributed by atoms with Crippen LogP contribution >= 0.6 is 0 Å². The van der Waals surface area contributed by atoms with Crippen molar-refractivity contribution in [3.05, 3.63) is 29.8 Å². The summed E-state index contributed by atoms with van der Waals surface area (Å²) in [5.74, 6) is 0.0354. The highest BCUT2D eigenvalue weighted by Crippen LogP contribution is 2.31. The Morgan fingerprint density at radius 2 is 2.00 bits per heavy atom. The largest absolute Gasteiger partial charge is 0.378 e. The van der Waals surface area contributed by atoms with Crippen LogP contribution in [0.1, 0.15) is 30.1 Å². The number of nitrogens with zero attached hydrogens (tertiary/aromatic N) is 3. The fourth-order valence-corrected chi connectivity index (χ4v) is 3.41. The van der Waals surface area contributed by atoms with Crippen molar-refractivity contribution in [1.82, 2.24) is 4.90 Å². The molecule has 0 radical (unpaired) electrons. The lowest BCUT2D eigenvalue weighted by atomic mass is 9.83. The summed E-state index contributed by atoms with van der Waals surface area (Å²) in [6.07, 6.45) is 1.74. The van der Waals surface area contributed by atoms with E-state index in [0.29, 0.717) is 19.8 Å². The molecule has 0 N–H and O–H groups in total. The molecule has 3 rings (SSSR count). The first kappa shape index (κ1) is 15.8. The van der Waals surface area contributed by atoms with Gasteiger partial charge in [0.15, 0.2) is 0 Å². The second-order valence-corrected chi connectivity index (χ2v) is 6.62. The van der Waals surface area contributed by atoms with Gasteiger partial charge in [-0.1, -0.05) is 12.1 Å². The van der Waals surface area contributed by atoms with E-state index in [1.807, 2.05) is 36.1 Å². The highest BCUT2D eigenvalue weighted by molar-refractivity contribution is 6.00. The van der Waals surface area contributed by atoms with Crippen LogP contribution in [-0.4, -0.2) is 50.2 Å². The summed E-state index contributed by atoms with van der Waals surface area (Å²) < 4.78 is 5.41. The zero-order valence-electron chi connectivity index (χ0n) is 13.6. The molecule has 23 heavy (non-hydrogen) atoms. The molecule has 1 atom stereocenters. The minimum Gasteiger partial charge on any atom is -0.378 e. The number of piperidine rings is 1. The molecule has 2 saturated heterocycles. The van der Waals surface area contributed by atoms with Crippen LogP contribution in [-0.2, 0) is 4.74 Å². The van der Waals surface area contributed by atoms with Gasteiger partial charge in [0, 0.05) is 31.9 Å². The molecule has 2 fully saturated rings. The predicted molar refractivity (Wildman–Crippen MR) is 88.3 cm³/mol. The van der Waals surface area contributed by atoms with Crippen LogP contribution in [0.4, 0.5) is 5.69 Å². The van der Waals surface area contributed by atoms with Crippen LogP contribution in [0.3, 0.4) is 0 Å². The van der Waals surface area contributed by atoms with Crippen molar-refractivity contribution >= 4 is 11.6 Å². The fourth-order valence-electron chi connectivity index (χ4n) is 3.41. The van der Waals surface area contributed by atoms with E-state index in [9.17, 15) is 10.1 Å². The molecule has 2 aliphatic heterocycles. The van der Waals surface area contributed by atoms with Gasteiger partial charge in [-0.3, -0.25) is 4.79 Å². The first-order valence-corrected chi connectivity index (χ1v) is 8.25. The number of likely N-dealkylation sites (tertiary alicyclic amines) is 1. The molecule has 1 aromatic carbocycles. The van der Waals surface area contributed by atoms with Gasteiger partial charge in [-0.05, 0) is 31.9 Å². The van der Waals surface area contributed by atoms with E-state index in [4.69, 9.17) is 4.74 Å². The van der Waals surface area contributed by atoms with Gasteiger partial charge in [-0.15, -0.1) is 0 Å². The third kappa shape index (κ3) is 3.32. The molecule has 0 bridgehead atoms. The monoisotopic (exact) mass is 313 g/mol. The van der Waals surface area contributed by atoms with Crippen molar-refractivity contribution < 1.29 is 9.53 Å². The maximum atomic E-state index is 13.0. The fraction of sp³-hybridized carbons (Fsp3) is 0.556. The number of carbonyl (C=O) groups excluding carboxylic acids is 1. The first-order chi connectivity index (χ1) is 11.1. The van der Waals surface area contributed by atoms with Gasteiger partial charge in [0.1, 0.15) is 0 Å². The third-order valence-corrected chi connectivity index (χ3v) is 4.74. The minimum absolute atomic E-state index is 0.0354. The molecule has 5 heteroatoms. The maximum Gasteiger partial charge on any atom is 0.256 e. The van der Waals surface area contributed by atoms with Crippen molar-refractivity contribution in [2.45, 2.75) is 19.8 Å². The zero-order chi connectivity index (χ0) is 16.3. The summed E-state index contributed by atoms with van der Waals surface area (Å²) in [5, 5.41) is 9.37. The van der Waals surface area contributed by atoms with Crippen LogP contribution in [0.15, 0.2) is 24.3 Å². The molecule has 1 amide bonds. The number of carbonyl (C=O) groups is 1. The molecule has 5 nitrogen and oxygen atoms in total. The van der Waals surface area contributed by atoms with Gasteiger partial charge in [-0.2, -0.15) is 5.26 Å². The van der Waals surface area contributed by atoms with E-state index < -0.39 is 5.41 Å². The van der Waals surface area contributed by atoms with E-state index in [-0.39, 0.29) is 5.91 Å².